The van der Waals surface area contributed by atoms with Gasteiger partial charge in [0.25, 0.3) is 5.91 Å². The lowest BCUT2D eigenvalue weighted by molar-refractivity contribution is 0.0595. The molecule has 0 saturated carbocycles. The molecule has 0 atom stereocenters. The van der Waals surface area contributed by atoms with Gasteiger partial charge in [0.1, 0.15) is 17.6 Å². The number of nitrogens with zero attached hydrogens (tertiary/aromatic N) is 1. The second-order valence-corrected chi connectivity index (χ2v) is 6.24. The van der Waals surface area contributed by atoms with Gasteiger partial charge in [-0.1, -0.05) is 23.7 Å². The van der Waals surface area contributed by atoms with E-state index in [2.05, 4.69) is 0 Å². The average molecular weight is 346 g/mol. The lowest BCUT2D eigenvalue weighted by Gasteiger charge is -2.32. The lowest BCUT2D eigenvalue weighted by atomic mass is 10.1. The Morgan fingerprint density at radius 3 is 2.50 bits per heavy atom. The molecule has 24 heavy (non-hydrogen) atoms. The van der Waals surface area contributed by atoms with Gasteiger partial charge in [0.15, 0.2) is 0 Å². The number of rotatable bonds is 4. The van der Waals surface area contributed by atoms with Crippen LogP contribution in [-0.4, -0.2) is 37.1 Å². The second-order valence-electron chi connectivity index (χ2n) is 5.80. The molecule has 0 aromatic heterocycles. The van der Waals surface area contributed by atoms with Crippen LogP contribution >= 0.6 is 11.6 Å². The van der Waals surface area contributed by atoms with Crippen LogP contribution < -0.4 is 9.47 Å². The molecule has 5 heteroatoms. The second kappa shape index (κ2) is 7.58. The standard InChI is InChI=1S/C19H20ClNO3/c1-23-17-6-2-4-14(12-17)19(22)21-10-8-16(9-11-21)24-18-7-3-5-15(20)13-18/h2-7,12-13,16H,8-11H2,1H3. The number of amides is 1. The number of methoxy groups -OCH3 is 1. The molecule has 1 amide bonds. The fraction of sp³-hybridized carbons (Fsp3) is 0.316. The molecular formula is C19H20ClNO3. The van der Waals surface area contributed by atoms with E-state index < -0.39 is 0 Å². The van der Waals surface area contributed by atoms with Crippen LogP contribution in [0, 0.1) is 0 Å². The van der Waals surface area contributed by atoms with E-state index in [0.29, 0.717) is 29.4 Å². The van der Waals surface area contributed by atoms with Crippen LogP contribution in [0.2, 0.25) is 5.02 Å². The summed E-state index contributed by atoms with van der Waals surface area (Å²) < 4.78 is 11.1. The number of carbonyl (C=O) groups excluding carboxylic acids is 1. The summed E-state index contributed by atoms with van der Waals surface area (Å²) in [5.41, 5.74) is 0.656. The van der Waals surface area contributed by atoms with Crippen molar-refractivity contribution in [3.63, 3.8) is 0 Å². The topological polar surface area (TPSA) is 38.8 Å². The van der Waals surface area contributed by atoms with E-state index in [9.17, 15) is 4.79 Å². The molecule has 4 nitrogen and oxygen atoms in total. The number of ether oxygens (including phenoxy) is 2. The van der Waals surface area contributed by atoms with Crippen molar-refractivity contribution >= 4 is 17.5 Å². The molecule has 2 aromatic rings. The van der Waals surface area contributed by atoms with Gasteiger partial charge in [0.2, 0.25) is 0 Å². The van der Waals surface area contributed by atoms with E-state index in [4.69, 9.17) is 21.1 Å². The molecule has 0 spiro atoms. The van der Waals surface area contributed by atoms with E-state index in [0.717, 1.165) is 18.6 Å². The largest absolute Gasteiger partial charge is 0.497 e. The average Bonchev–Trinajstić information content (AvgIpc) is 2.62. The number of piperidine rings is 1. The number of hydrogen-bond donors (Lipinski definition) is 0. The van der Waals surface area contributed by atoms with Crippen molar-refractivity contribution in [1.29, 1.82) is 0 Å². The van der Waals surface area contributed by atoms with E-state index in [1.807, 2.05) is 47.4 Å². The summed E-state index contributed by atoms with van der Waals surface area (Å²) in [7, 11) is 1.60. The van der Waals surface area contributed by atoms with Crippen LogP contribution in [-0.2, 0) is 0 Å². The maximum Gasteiger partial charge on any atom is 0.253 e. The third kappa shape index (κ3) is 4.01. The molecule has 1 saturated heterocycles. The number of carbonyl (C=O) groups is 1. The van der Waals surface area contributed by atoms with Crippen LogP contribution in [0.4, 0.5) is 0 Å². The Morgan fingerprint density at radius 2 is 1.79 bits per heavy atom. The monoisotopic (exact) mass is 345 g/mol. The Balaban J connectivity index is 1.57. The summed E-state index contributed by atoms with van der Waals surface area (Å²) in [6.07, 6.45) is 1.72. The fourth-order valence-corrected chi connectivity index (χ4v) is 3.03. The Kier molecular flexibility index (Phi) is 5.26. The summed E-state index contributed by atoms with van der Waals surface area (Å²) >= 11 is 5.98. The first-order chi connectivity index (χ1) is 11.7. The highest BCUT2D eigenvalue weighted by Gasteiger charge is 2.25. The van der Waals surface area contributed by atoms with Crippen LogP contribution in [0.1, 0.15) is 23.2 Å². The predicted molar refractivity (Wildman–Crippen MR) is 94.0 cm³/mol. The van der Waals surface area contributed by atoms with Gasteiger partial charge in [-0.2, -0.15) is 0 Å². The SMILES string of the molecule is COc1cccc(C(=O)N2CCC(Oc3cccc(Cl)c3)CC2)c1. The van der Waals surface area contributed by atoms with Gasteiger partial charge >= 0.3 is 0 Å². The van der Waals surface area contributed by atoms with Gasteiger partial charge in [-0.3, -0.25) is 4.79 Å². The van der Waals surface area contributed by atoms with E-state index in [-0.39, 0.29) is 12.0 Å². The van der Waals surface area contributed by atoms with Crippen molar-refractivity contribution in [3.05, 3.63) is 59.1 Å². The molecule has 3 rings (SSSR count). The van der Waals surface area contributed by atoms with E-state index in [1.54, 1.807) is 13.2 Å². The highest BCUT2D eigenvalue weighted by Crippen LogP contribution is 2.23. The summed E-state index contributed by atoms with van der Waals surface area (Å²) in [5.74, 6) is 1.51. The lowest BCUT2D eigenvalue weighted by Crippen LogP contribution is -2.41. The van der Waals surface area contributed by atoms with Crippen LogP contribution in [0.3, 0.4) is 0 Å². The number of likely N-dealkylation sites (tertiary alicyclic amines) is 1. The van der Waals surface area contributed by atoms with Gasteiger partial charge in [0, 0.05) is 36.5 Å². The van der Waals surface area contributed by atoms with E-state index >= 15 is 0 Å². The van der Waals surface area contributed by atoms with Gasteiger partial charge in [0.05, 0.1) is 7.11 Å². The highest BCUT2D eigenvalue weighted by molar-refractivity contribution is 6.30. The quantitative estimate of drug-likeness (QED) is 0.839. The first kappa shape index (κ1) is 16.7. The minimum atomic E-state index is 0.0371. The Labute approximate surface area is 146 Å². The molecule has 0 N–H and O–H groups in total. The maximum atomic E-state index is 12.6. The Hall–Kier alpha value is -2.20. The van der Waals surface area contributed by atoms with Crippen molar-refractivity contribution in [3.8, 4) is 11.5 Å². The number of halogens is 1. The molecule has 0 bridgehead atoms. The normalized spacial score (nSPS) is 15.2. The third-order valence-electron chi connectivity index (χ3n) is 4.14. The van der Waals surface area contributed by atoms with Crippen LogP contribution in [0.15, 0.2) is 48.5 Å². The molecule has 1 heterocycles. The summed E-state index contributed by atoms with van der Waals surface area (Å²) in [6.45, 7) is 1.36. The van der Waals surface area contributed by atoms with Crippen molar-refractivity contribution in [2.24, 2.45) is 0 Å². The molecule has 0 aliphatic carbocycles. The highest BCUT2D eigenvalue weighted by atomic mass is 35.5. The minimum absolute atomic E-state index is 0.0371. The zero-order valence-corrected chi connectivity index (χ0v) is 14.3. The molecule has 0 unspecified atom stereocenters. The summed E-state index contributed by atoms with van der Waals surface area (Å²) in [4.78, 5) is 14.5. The van der Waals surface area contributed by atoms with Gasteiger partial charge in [-0.25, -0.2) is 0 Å². The minimum Gasteiger partial charge on any atom is -0.497 e. The van der Waals surface area contributed by atoms with Gasteiger partial charge in [-0.05, 0) is 36.4 Å². The smallest absolute Gasteiger partial charge is 0.253 e. The third-order valence-corrected chi connectivity index (χ3v) is 4.38. The van der Waals surface area contributed by atoms with Crippen molar-refractivity contribution in [2.45, 2.75) is 18.9 Å². The molecule has 2 aromatic carbocycles. The van der Waals surface area contributed by atoms with Crippen molar-refractivity contribution < 1.29 is 14.3 Å². The molecule has 126 valence electrons. The first-order valence-corrected chi connectivity index (χ1v) is 8.39. The number of benzene rings is 2. The molecular weight excluding hydrogens is 326 g/mol. The van der Waals surface area contributed by atoms with Crippen molar-refractivity contribution in [1.82, 2.24) is 4.90 Å². The molecule has 1 fully saturated rings. The molecule has 1 aliphatic heterocycles. The Morgan fingerprint density at radius 1 is 1.08 bits per heavy atom. The number of hydrogen-bond acceptors (Lipinski definition) is 3. The predicted octanol–water partition coefficient (Wildman–Crippen LogP) is 4.03. The first-order valence-electron chi connectivity index (χ1n) is 8.01. The van der Waals surface area contributed by atoms with Gasteiger partial charge < -0.3 is 14.4 Å². The molecule has 1 aliphatic rings. The zero-order valence-electron chi connectivity index (χ0n) is 13.6. The van der Waals surface area contributed by atoms with Crippen LogP contribution in [0.5, 0.6) is 11.5 Å². The van der Waals surface area contributed by atoms with E-state index in [1.165, 1.54) is 0 Å². The van der Waals surface area contributed by atoms with Gasteiger partial charge in [-0.15, -0.1) is 0 Å². The van der Waals surface area contributed by atoms with Crippen molar-refractivity contribution in [2.75, 3.05) is 20.2 Å². The summed E-state index contributed by atoms with van der Waals surface area (Å²) in [6, 6.07) is 14.7. The van der Waals surface area contributed by atoms with Crippen LogP contribution in [0.25, 0.3) is 0 Å². The molecule has 0 radical (unpaired) electrons. The fourth-order valence-electron chi connectivity index (χ4n) is 2.85. The Bertz CT molecular complexity index is 711. The summed E-state index contributed by atoms with van der Waals surface area (Å²) in [5, 5.41) is 0.665. The zero-order chi connectivity index (χ0) is 16.9. The maximum absolute atomic E-state index is 12.6.